The van der Waals surface area contributed by atoms with Gasteiger partial charge in [-0.3, -0.25) is 4.79 Å². The summed E-state index contributed by atoms with van der Waals surface area (Å²) in [7, 11) is -3.54. The predicted molar refractivity (Wildman–Crippen MR) is 84.2 cm³/mol. The van der Waals surface area contributed by atoms with Gasteiger partial charge in [0.05, 0.1) is 22.3 Å². The van der Waals surface area contributed by atoms with Crippen molar-refractivity contribution in [2.75, 3.05) is 26.2 Å². The summed E-state index contributed by atoms with van der Waals surface area (Å²) < 4.78 is 27.0. The highest BCUT2D eigenvalue weighted by molar-refractivity contribution is 7.89. The van der Waals surface area contributed by atoms with Crippen molar-refractivity contribution < 1.29 is 13.2 Å². The molecule has 7 nitrogen and oxygen atoms in total. The van der Waals surface area contributed by atoms with Gasteiger partial charge in [-0.15, -0.1) is 0 Å². The van der Waals surface area contributed by atoms with Crippen LogP contribution in [-0.4, -0.2) is 59.7 Å². The Morgan fingerprint density at radius 1 is 1.17 bits per heavy atom. The third-order valence-electron chi connectivity index (χ3n) is 4.51. The first-order valence-corrected chi connectivity index (χ1v) is 9.22. The van der Waals surface area contributed by atoms with E-state index < -0.39 is 10.0 Å². The average Bonchev–Trinajstić information content (AvgIpc) is 3.31. The molecule has 0 bridgehead atoms. The zero-order valence-electron chi connectivity index (χ0n) is 12.6. The van der Waals surface area contributed by atoms with Gasteiger partial charge in [0.2, 0.25) is 15.9 Å². The van der Waals surface area contributed by atoms with Gasteiger partial charge in [-0.1, -0.05) is 0 Å². The van der Waals surface area contributed by atoms with Crippen molar-refractivity contribution in [2.45, 2.75) is 17.7 Å². The maximum atomic E-state index is 12.8. The Bertz CT molecular complexity index is 848. The van der Waals surface area contributed by atoms with E-state index in [0.29, 0.717) is 31.7 Å². The largest absolute Gasteiger partial charge is 0.345 e. The van der Waals surface area contributed by atoms with Crippen LogP contribution < -0.4 is 0 Å². The van der Waals surface area contributed by atoms with Crippen molar-refractivity contribution in [1.82, 2.24) is 19.2 Å². The van der Waals surface area contributed by atoms with Crippen LogP contribution in [0.25, 0.3) is 11.0 Å². The van der Waals surface area contributed by atoms with E-state index in [1.54, 1.807) is 29.4 Å². The van der Waals surface area contributed by atoms with Gasteiger partial charge in [0.1, 0.15) is 0 Å². The molecular formula is C15H18N4O3S. The lowest BCUT2D eigenvalue weighted by atomic mass is 10.3. The number of nitrogens with zero attached hydrogens (tertiary/aromatic N) is 3. The quantitative estimate of drug-likeness (QED) is 0.900. The number of amides is 1. The molecule has 1 amide bonds. The lowest BCUT2D eigenvalue weighted by Crippen LogP contribution is -2.50. The van der Waals surface area contributed by atoms with Crippen LogP contribution in [0.3, 0.4) is 0 Å². The van der Waals surface area contributed by atoms with Crippen molar-refractivity contribution in [3.63, 3.8) is 0 Å². The number of rotatable bonds is 3. The molecule has 1 N–H and O–H groups in total. The third-order valence-corrected chi connectivity index (χ3v) is 6.40. The van der Waals surface area contributed by atoms with E-state index in [2.05, 4.69) is 9.97 Å². The van der Waals surface area contributed by atoms with Crippen molar-refractivity contribution >= 4 is 27.0 Å². The molecule has 2 heterocycles. The summed E-state index contributed by atoms with van der Waals surface area (Å²) in [5.74, 6) is 0.363. The molecule has 4 rings (SSSR count). The number of imidazole rings is 1. The molecule has 1 aliphatic heterocycles. The Balaban J connectivity index is 1.51. The first-order valence-electron chi connectivity index (χ1n) is 7.78. The standard InChI is InChI=1S/C15H18N4O3S/c20-15(11-1-2-11)18-5-7-19(8-6-18)23(21,22)12-3-4-13-14(9-12)17-10-16-13/h3-4,9-11H,1-2,5-8H2,(H,16,17). The summed E-state index contributed by atoms with van der Waals surface area (Å²) in [4.78, 5) is 21.1. The normalized spacial score (nSPS) is 20.1. The number of hydrogen-bond acceptors (Lipinski definition) is 4. The van der Waals surface area contributed by atoms with Gasteiger partial charge in [-0.25, -0.2) is 13.4 Å². The molecule has 1 aromatic heterocycles. The number of hydrogen-bond donors (Lipinski definition) is 1. The van der Waals surface area contributed by atoms with E-state index in [9.17, 15) is 13.2 Å². The minimum absolute atomic E-state index is 0.181. The van der Waals surface area contributed by atoms with Gasteiger partial charge >= 0.3 is 0 Å². The zero-order chi connectivity index (χ0) is 16.0. The molecule has 2 aromatic rings. The Morgan fingerprint density at radius 3 is 2.61 bits per heavy atom. The Kier molecular flexibility index (Phi) is 3.38. The number of carbonyl (C=O) groups is 1. The number of carbonyl (C=O) groups excluding carboxylic acids is 1. The molecule has 23 heavy (non-hydrogen) atoms. The first-order chi connectivity index (χ1) is 11.1. The van der Waals surface area contributed by atoms with E-state index in [0.717, 1.165) is 18.4 Å². The monoisotopic (exact) mass is 334 g/mol. The fourth-order valence-corrected chi connectivity index (χ4v) is 4.41. The molecule has 1 saturated carbocycles. The molecule has 122 valence electrons. The molecule has 0 radical (unpaired) electrons. The fraction of sp³-hybridized carbons (Fsp3) is 0.467. The second kappa shape index (κ2) is 5.31. The van der Waals surface area contributed by atoms with Crippen LogP contribution in [0, 0.1) is 5.92 Å². The molecule has 2 aliphatic rings. The van der Waals surface area contributed by atoms with Gasteiger partial charge in [0.15, 0.2) is 0 Å². The van der Waals surface area contributed by atoms with Crippen LogP contribution in [0.5, 0.6) is 0 Å². The number of aromatic amines is 1. The molecule has 8 heteroatoms. The van der Waals surface area contributed by atoms with Crippen LogP contribution in [0.15, 0.2) is 29.4 Å². The smallest absolute Gasteiger partial charge is 0.243 e. The Labute approximate surface area is 134 Å². The fourth-order valence-electron chi connectivity index (χ4n) is 2.96. The maximum absolute atomic E-state index is 12.8. The molecule has 2 fully saturated rings. The predicted octanol–water partition coefficient (Wildman–Crippen LogP) is 0.806. The van der Waals surface area contributed by atoms with Crippen LogP contribution in [-0.2, 0) is 14.8 Å². The Hall–Kier alpha value is -1.93. The number of H-pyrrole nitrogens is 1. The number of nitrogens with one attached hydrogen (secondary N) is 1. The SMILES string of the molecule is O=C(C1CC1)N1CCN(S(=O)(=O)c2ccc3nc[nH]c3c2)CC1. The summed E-state index contributed by atoms with van der Waals surface area (Å²) in [6.45, 7) is 1.64. The second-order valence-electron chi connectivity index (χ2n) is 6.09. The van der Waals surface area contributed by atoms with E-state index in [-0.39, 0.29) is 16.7 Å². The summed E-state index contributed by atoms with van der Waals surface area (Å²) in [6.07, 6.45) is 3.49. The highest BCUT2D eigenvalue weighted by atomic mass is 32.2. The van der Waals surface area contributed by atoms with Crippen LogP contribution in [0.1, 0.15) is 12.8 Å². The summed E-state index contributed by atoms with van der Waals surface area (Å²) in [5.41, 5.74) is 1.44. The van der Waals surface area contributed by atoms with Gasteiger partial charge in [0, 0.05) is 32.1 Å². The van der Waals surface area contributed by atoms with Crippen molar-refractivity contribution in [3.8, 4) is 0 Å². The topological polar surface area (TPSA) is 86.4 Å². The van der Waals surface area contributed by atoms with Gasteiger partial charge < -0.3 is 9.88 Å². The molecule has 1 saturated heterocycles. The number of benzene rings is 1. The minimum Gasteiger partial charge on any atom is -0.345 e. The first kappa shape index (κ1) is 14.6. The highest BCUT2D eigenvalue weighted by Gasteiger charge is 2.36. The van der Waals surface area contributed by atoms with Crippen molar-refractivity contribution in [3.05, 3.63) is 24.5 Å². The molecule has 0 unspecified atom stereocenters. The summed E-state index contributed by atoms with van der Waals surface area (Å²) in [5, 5.41) is 0. The number of sulfonamides is 1. The molecule has 0 spiro atoms. The lowest BCUT2D eigenvalue weighted by Gasteiger charge is -2.34. The third kappa shape index (κ3) is 2.61. The number of fused-ring (bicyclic) bond motifs is 1. The van der Waals surface area contributed by atoms with Gasteiger partial charge in [0.25, 0.3) is 0 Å². The number of piperazine rings is 1. The van der Waals surface area contributed by atoms with Gasteiger partial charge in [-0.05, 0) is 31.0 Å². The zero-order valence-corrected chi connectivity index (χ0v) is 13.4. The van der Waals surface area contributed by atoms with E-state index >= 15 is 0 Å². The van der Waals surface area contributed by atoms with Crippen LogP contribution >= 0.6 is 0 Å². The molecule has 1 aromatic carbocycles. The van der Waals surface area contributed by atoms with Crippen molar-refractivity contribution in [2.24, 2.45) is 5.92 Å². The average molecular weight is 334 g/mol. The minimum atomic E-state index is -3.54. The second-order valence-corrected chi connectivity index (χ2v) is 8.02. The van der Waals surface area contributed by atoms with Crippen LogP contribution in [0.2, 0.25) is 0 Å². The van der Waals surface area contributed by atoms with E-state index in [1.807, 2.05) is 0 Å². The highest BCUT2D eigenvalue weighted by Crippen LogP contribution is 2.31. The van der Waals surface area contributed by atoms with E-state index in [1.165, 1.54) is 4.31 Å². The maximum Gasteiger partial charge on any atom is 0.243 e. The molecule has 0 atom stereocenters. The van der Waals surface area contributed by atoms with Crippen molar-refractivity contribution in [1.29, 1.82) is 0 Å². The molecular weight excluding hydrogens is 316 g/mol. The summed E-state index contributed by atoms with van der Waals surface area (Å²) >= 11 is 0. The van der Waals surface area contributed by atoms with Crippen LogP contribution in [0.4, 0.5) is 0 Å². The molecule has 1 aliphatic carbocycles. The van der Waals surface area contributed by atoms with E-state index in [4.69, 9.17) is 0 Å². The Morgan fingerprint density at radius 2 is 1.91 bits per heavy atom. The number of aromatic nitrogens is 2. The summed E-state index contributed by atoms with van der Waals surface area (Å²) in [6, 6.07) is 4.89. The van der Waals surface area contributed by atoms with Gasteiger partial charge in [-0.2, -0.15) is 4.31 Å². The lowest BCUT2D eigenvalue weighted by molar-refractivity contribution is -0.133.